The molecule has 0 saturated heterocycles. The summed E-state index contributed by atoms with van der Waals surface area (Å²) in [7, 11) is 0. The third-order valence-corrected chi connectivity index (χ3v) is 5.03. The Morgan fingerprint density at radius 3 is 2.61 bits per heavy atom. The van der Waals surface area contributed by atoms with Crippen LogP contribution in [0.25, 0.3) is 22.6 Å². The first kappa shape index (κ1) is 18.8. The molecule has 0 amide bonds. The van der Waals surface area contributed by atoms with Gasteiger partial charge in [0.25, 0.3) is 0 Å². The molecule has 0 aliphatic rings. The highest BCUT2D eigenvalue weighted by Gasteiger charge is 2.14. The van der Waals surface area contributed by atoms with Crippen LogP contribution >= 0.6 is 31.9 Å². The first-order chi connectivity index (χ1) is 13.5. The number of ether oxygens (including phenoxy) is 1. The summed E-state index contributed by atoms with van der Waals surface area (Å²) in [5.41, 5.74) is 2.40. The second-order valence-corrected chi connectivity index (χ2v) is 7.43. The van der Waals surface area contributed by atoms with E-state index in [0.717, 1.165) is 16.6 Å². The fraction of sp³-hybridized carbons (Fsp3) is 0.118. The molecule has 0 unspecified atom stereocenters. The number of aromatic nitrogens is 4. The highest BCUT2D eigenvalue weighted by molar-refractivity contribution is 9.11. The van der Waals surface area contributed by atoms with Gasteiger partial charge in [-0.3, -0.25) is 0 Å². The van der Waals surface area contributed by atoms with Crippen molar-refractivity contribution in [2.45, 2.75) is 13.2 Å². The van der Waals surface area contributed by atoms with E-state index >= 15 is 0 Å². The van der Waals surface area contributed by atoms with Crippen LogP contribution in [0.2, 0.25) is 0 Å². The molecule has 0 spiro atoms. The summed E-state index contributed by atoms with van der Waals surface area (Å²) in [5.74, 6) is 0.958. The van der Waals surface area contributed by atoms with Crippen molar-refractivity contribution in [1.82, 2.24) is 20.6 Å². The minimum atomic E-state index is -2.90. The highest BCUT2D eigenvalue weighted by atomic mass is 79.9. The number of tetrazole rings is 1. The van der Waals surface area contributed by atoms with Crippen LogP contribution < -0.4 is 10.1 Å². The van der Waals surface area contributed by atoms with Gasteiger partial charge in [0.15, 0.2) is 11.5 Å². The predicted octanol–water partition coefficient (Wildman–Crippen LogP) is 5.35. The molecule has 4 aromatic rings. The van der Waals surface area contributed by atoms with Gasteiger partial charge < -0.3 is 14.5 Å². The second kappa shape index (κ2) is 7.84. The van der Waals surface area contributed by atoms with Gasteiger partial charge in [-0.15, -0.1) is 10.2 Å². The fourth-order valence-corrected chi connectivity index (χ4v) is 4.00. The number of anilines is 1. The Labute approximate surface area is 173 Å². The van der Waals surface area contributed by atoms with Gasteiger partial charge in [0, 0.05) is 17.6 Å². The number of benzene rings is 2. The van der Waals surface area contributed by atoms with Crippen LogP contribution in [0.15, 0.2) is 49.8 Å². The second-order valence-electron chi connectivity index (χ2n) is 5.72. The van der Waals surface area contributed by atoms with E-state index in [1.165, 1.54) is 0 Å². The Hall–Kier alpha value is -2.53. The molecule has 0 aliphatic heterocycles. The molecule has 11 heteroatoms. The predicted molar refractivity (Wildman–Crippen MR) is 105 cm³/mol. The minimum Gasteiger partial charge on any atom is -0.453 e. The number of aromatic amines is 1. The molecule has 7 nitrogen and oxygen atoms in total. The summed E-state index contributed by atoms with van der Waals surface area (Å²) < 4.78 is 36.0. The van der Waals surface area contributed by atoms with E-state index in [4.69, 9.17) is 4.42 Å². The largest absolute Gasteiger partial charge is 0.453 e. The van der Waals surface area contributed by atoms with Gasteiger partial charge in [-0.05, 0) is 66.9 Å². The maximum absolute atomic E-state index is 12.5. The van der Waals surface area contributed by atoms with Crippen molar-refractivity contribution < 1.29 is 17.9 Å². The Bertz CT molecular complexity index is 1100. The van der Waals surface area contributed by atoms with Crippen molar-refractivity contribution in [3.8, 4) is 17.3 Å². The lowest BCUT2D eigenvalue weighted by molar-refractivity contribution is -0.0508. The minimum absolute atomic E-state index is 0.0477. The molecule has 2 heterocycles. The monoisotopic (exact) mass is 513 g/mol. The Balaban J connectivity index is 1.51. The molecule has 0 saturated carbocycles. The van der Waals surface area contributed by atoms with E-state index in [9.17, 15) is 8.78 Å². The maximum Gasteiger partial charge on any atom is 0.387 e. The Morgan fingerprint density at radius 2 is 1.93 bits per heavy atom. The van der Waals surface area contributed by atoms with Gasteiger partial charge in [0.2, 0.25) is 5.82 Å². The average Bonchev–Trinajstić information content (AvgIpc) is 3.31. The first-order valence-electron chi connectivity index (χ1n) is 7.93. The molecule has 28 heavy (non-hydrogen) atoms. The molecule has 0 aliphatic carbocycles. The topological polar surface area (TPSA) is 88.9 Å². The van der Waals surface area contributed by atoms with E-state index in [-0.39, 0.29) is 5.75 Å². The lowest BCUT2D eigenvalue weighted by Crippen LogP contribution is -2.04. The van der Waals surface area contributed by atoms with E-state index in [2.05, 4.69) is 62.5 Å². The van der Waals surface area contributed by atoms with Crippen LogP contribution in [0.3, 0.4) is 0 Å². The molecular weight excluding hydrogens is 504 g/mol. The van der Waals surface area contributed by atoms with Crippen LogP contribution in [0, 0.1) is 0 Å². The molecule has 0 radical (unpaired) electrons. The van der Waals surface area contributed by atoms with Crippen molar-refractivity contribution in [3.05, 3.63) is 50.9 Å². The number of hydrogen-bond acceptors (Lipinski definition) is 6. The number of fused-ring (bicyclic) bond motifs is 1. The summed E-state index contributed by atoms with van der Waals surface area (Å²) in [6.45, 7) is -2.40. The Kier molecular flexibility index (Phi) is 5.27. The molecule has 0 bridgehead atoms. The zero-order chi connectivity index (χ0) is 19.7. The molecule has 0 atom stereocenters. The van der Waals surface area contributed by atoms with Crippen LogP contribution in [0.1, 0.15) is 5.56 Å². The van der Waals surface area contributed by atoms with Gasteiger partial charge in [-0.2, -0.15) is 14.0 Å². The van der Waals surface area contributed by atoms with Crippen molar-refractivity contribution >= 4 is 48.5 Å². The summed E-state index contributed by atoms with van der Waals surface area (Å²) >= 11 is 6.49. The van der Waals surface area contributed by atoms with E-state index in [1.807, 2.05) is 24.3 Å². The number of alkyl halides is 2. The highest BCUT2D eigenvalue weighted by Crippen LogP contribution is 2.37. The third-order valence-electron chi connectivity index (χ3n) is 3.85. The standard InChI is InChI=1S/C17H11Br2F2N5O2/c18-11-5-10(6-12(19)15(11)28-17(20)21)22-7-8-1-2-9-4-14(27-13(9)3-8)16-23-25-26-24-16/h1-6,17,22H,7H2,(H,23,24,25,26). The molecule has 2 aromatic carbocycles. The SMILES string of the molecule is FC(F)Oc1c(Br)cc(NCc2ccc3cc(-c4nn[nH]n4)oc3c2)cc1Br. The number of hydrogen-bond donors (Lipinski definition) is 2. The van der Waals surface area contributed by atoms with Gasteiger partial charge in [-0.25, -0.2) is 0 Å². The van der Waals surface area contributed by atoms with Crippen LogP contribution in [0.4, 0.5) is 14.5 Å². The molecule has 2 aromatic heterocycles. The number of rotatable bonds is 6. The number of H-pyrrole nitrogens is 1. The molecule has 0 fully saturated rings. The van der Waals surface area contributed by atoms with Crippen molar-refractivity contribution in [2.75, 3.05) is 5.32 Å². The summed E-state index contributed by atoms with van der Waals surface area (Å²) in [5, 5.41) is 17.9. The quantitative estimate of drug-likeness (QED) is 0.360. The number of nitrogens with zero attached hydrogens (tertiary/aromatic N) is 3. The zero-order valence-electron chi connectivity index (χ0n) is 13.9. The van der Waals surface area contributed by atoms with Crippen LogP contribution in [-0.4, -0.2) is 27.2 Å². The van der Waals surface area contributed by atoms with E-state index in [1.54, 1.807) is 12.1 Å². The van der Waals surface area contributed by atoms with Gasteiger partial charge in [0.05, 0.1) is 8.95 Å². The van der Waals surface area contributed by atoms with Crippen LogP contribution in [-0.2, 0) is 6.54 Å². The van der Waals surface area contributed by atoms with Crippen molar-refractivity contribution in [2.24, 2.45) is 0 Å². The lowest BCUT2D eigenvalue weighted by atomic mass is 10.1. The maximum atomic E-state index is 12.5. The normalized spacial score (nSPS) is 11.3. The summed E-state index contributed by atoms with van der Waals surface area (Å²) in [6, 6.07) is 11.0. The zero-order valence-corrected chi connectivity index (χ0v) is 17.1. The molecular formula is C17H11Br2F2N5O2. The number of halogens is 4. The first-order valence-corrected chi connectivity index (χ1v) is 9.52. The summed E-state index contributed by atoms with van der Waals surface area (Å²) in [4.78, 5) is 0. The van der Waals surface area contributed by atoms with E-state index < -0.39 is 6.61 Å². The number of furan rings is 1. The van der Waals surface area contributed by atoms with Gasteiger partial charge in [0.1, 0.15) is 5.58 Å². The fourth-order valence-electron chi connectivity index (χ4n) is 2.63. The van der Waals surface area contributed by atoms with E-state index in [0.29, 0.717) is 32.7 Å². The van der Waals surface area contributed by atoms with Crippen LogP contribution in [0.5, 0.6) is 5.75 Å². The van der Waals surface area contributed by atoms with Crippen molar-refractivity contribution in [3.63, 3.8) is 0 Å². The lowest BCUT2D eigenvalue weighted by Gasteiger charge is -2.13. The van der Waals surface area contributed by atoms with Gasteiger partial charge >= 0.3 is 6.61 Å². The number of nitrogens with one attached hydrogen (secondary N) is 2. The average molecular weight is 515 g/mol. The smallest absolute Gasteiger partial charge is 0.387 e. The molecule has 2 N–H and O–H groups in total. The molecule has 4 rings (SSSR count). The van der Waals surface area contributed by atoms with Gasteiger partial charge in [-0.1, -0.05) is 12.1 Å². The van der Waals surface area contributed by atoms with Crippen molar-refractivity contribution in [1.29, 1.82) is 0 Å². The molecule has 144 valence electrons. The third kappa shape index (κ3) is 3.99. The summed E-state index contributed by atoms with van der Waals surface area (Å²) in [6.07, 6.45) is 0. The Morgan fingerprint density at radius 1 is 1.14 bits per heavy atom.